The molecule has 0 bridgehead atoms. The first kappa shape index (κ1) is 21.8. The van der Waals surface area contributed by atoms with Crippen LogP contribution in [0, 0.1) is 6.92 Å². The molecule has 1 aliphatic heterocycles. The molecule has 1 aliphatic carbocycles. The maximum absolute atomic E-state index is 13.1. The van der Waals surface area contributed by atoms with Gasteiger partial charge in [-0.15, -0.1) is 11.3 Å². The summed E-state index contributed by atoms with van der Waals surface area (Å²) in [6, 6.07) is 12.6. The monoisotopic (exact) mass is 474 g/mol. The molecule has 2 aliphatic rings. The van der Waals surface area contributed by atoms with Crippen molar-refractivity contribution in [1.82, 2.24) is 0 Å². The number of nitrogens with one attached hydrogen (secondary N) is 1. The van der Waals surface area contributed by atoms with Crippen LogP contribution >= 0.6 is 11.3 Å². The van der Waals surface area contributed by atoms with Crippen LogP contribution in [0.15, 0.2) is 52.7 Å². The Morgan fingerprint density at radius 1 is 1.12 bits per heavy atom. The summed E-state index contributed by atoms with van der Waals surface area (Å²) in [6.45, 7) is 3.57. The third-order valence-corrected chi connectivity index (χ3v) is 7.05. The van der Waals surface area contributed by atoms with E-state index in [1.54, 1.807) is 25.1 Å². The summed E-state index contributed by atoms with van der Waals surface area (Å²) in [5.74, 6) is -1.44. The van der Waals surface area contributed by atoms with Crippen molar-refractivity contribution in [2.45, 2.75) is 33.1 Å². The van der Waals surface area contributed by atoms with E-state index in [2.05, 4.69) is 21.7 Å². The third-order valence-electron chi connectivity index (χ3n) is 5.94. The van der Waals surface area contributed by atoms with Gasteiger partial charge in [0.2, 0.25) is 0 Å². The lowest BCUT2D eigenvalue weighted by Gasteiger charge is -2.13. The lowest BCUT2D eigenvalue weighted by molar-refractivity contribution is -0.112. The Morgan fingerprint density at radius 3 is 2.68 bits per heavy atom. The van der Waals surface area contributed by atoms with Crippen LogP contribution in [0.2, 0.25) is 0 Å². The van der Waals surface area contributed by atoms with E-state index >= 15 is 0 Å². The van der Waals surface area contributed by atoms with Crippen molar-refractivity contribution >= 4 is 46.0 Å². The molecule has 1 aromatic heterocycles. The first-order valence-electron chi connectivity index (χ1n) is 10.8. The molecule has 9 heteroatoms. The van der Waals surface area contributed by atoms with Gasteiger partial charge in [0, 0.05) is 10.4 Å². The fourth-order valence-corrected chi connectivity index (χ4v) is 5.12. The number of amides is 1. The van der Waals surface area contributed by atoms with E-state index in [9.17, 15) is 19.8 Å². The van der Waals surface area contributed by atoms with Gasteiger partial charge in [-0.25, -0.2) is 4.79 Å². The van der Waals surface area contributed by atoms with Gasteiger partial charge in [0.05, 0.1) is 17.1 Å². The predicted octanol–water partition coefficient (Wildman–Crippen LogP) is 4.81. The highest BCUT2D eigenvalue weighted by Gasteiger charge is 2.31. The van der Waals surface area contributed by atoms with Crippen LogP contribution in [0.25, 0.3) is 10.4 Å². The van der Waals surface area contributed by atoms with Crippen LogP contribution < -0.4 is 10.4 Å². The lowest BCUT2D eigenvalue weighted by atomic mass is 10.1. The molecule has 0 unspecified atom stereocenters. The van der Waals surface area contributed by atoms with Gasteiger partial charge in [-0.05, 0) is 86.2 Å². The quantitative estimate of drug-likeness (QED) is 0.363. The van der Waals surface area contributed by atoms with Gasteiger partial charge in [0.15, 0.2) is 5.71 Å². The lowest BCUT2D eigenvalue weighted by Crippen LogP contribution is -2.28. The van der Waals surface area contributed by atoms with Gasteiger partial charge in [0.25, 0.3) is 0 Å². The molecule has 0 atom stereocenters. The number of anilines is 2. The van der Waals surface area contributed by atoms with Gasteiger partial charge >= 0.3 is 11.9 Å². The van der Waals surface area contributed by atoms with E-state index < -0.39 is 5.97 Å². The zero-order valence-electron chi connectivity index (χ0n) is 18.6. The Hall–Kier alpha value is -3.98. The molecule has 0 saturated carbocycles. The number of nitrogens with zero attached hydrogens (tertiary/aromatic N) is 3. The molecule has 8 nitrogen and oxygen atoms in total. The Balaban J connectivity index is 1.42. The molecule has 0 fully saturated rings. The van der Waals surface area contributed by atoms with Crippen molar-refractivity contribution < 1.29 is 19.8 Å². The minimum absolute atomic E-state index is 0.0794. The number of hydrogen-bond acceptors (Lipinski definition) is 7. The zero-order chi connectivity index (χ0) is 24.0. The minimum Gasteiger partial charge on any atom is -0.505 e. The molecule has 2 heterocycles. The van der Waals surface area contributed by atoms with Crippen LogP contribution in [0.5, 0.6) is 5.75 Å². The third kappa shape index (κ3) is 3.84. The first-order chi connectivity index (χ1) is 16.3. The van der Waals surface area contributed by atoms with Gasteiger partial charge in [-0.3, -0.25) is 10.2 Å². The summed E-state index contributed by atoms with van der Waals surface area (Å²) < 4.78 is 0. The summed E-state index contributed by atoms with van der Waals surface area (Å²) in [4.78, 5) is 25.1. The normalized spacial score (nSPS) is 16.2. The van der Waals surface area contributed by atoms with Crippen molar-refractivity contribution in [3.8, 4) is 16.2 Å². The van der Waals surface area contributed by atoms with E-state index in [4.69, 9.17) is 0 Å². The molecule has 0 radical (unpaired) electrons. The standard InChI is InChI=1S/C25H22N4O4S/c1-13-10-18(20-8-9-21(34-20)25(32)33)23(30)19(11-13)26-27-22-14(2)28-29(24(22)31)17-7-6-15-4-3-5-16(15)12-17/h6-12,26,30H,3-5H2,1-2H3,(H,32,33). The number of thiophene rings is 1. The van der Waals surface area contributed by atoms with E-state index in [1.807, 2.05) is 19.1 Å². The Bertz CT molecular complexity index is 1410. The fourth-order valence-electron chi connectivity index (χ4n) is 4.26. The topological polar surface area (TPSA) is 115 Å². The number of phenolic OH excluding ortho intramolecular Hbond substituents is 1. The van der Waals surface area contributed by atoms with E-state index in [0.717, 1.165) is 36.2 Å². The van der Waals surface area contributed by atoms with Gasteiger partial charge < -0.3 is 10.2 Å². The zero-order valence-corrected chi connectivity index (χ0v) is 19.4. The van der Waals surface area contributed by atoms with Gasteiger partial charge in [-0.2, -0.15) is 15.2 Å². The Morgan fingerprint density at radius 2 is 1.91 bits per heavy atom. The fraction of sp³-hybridized carbons (Fsp3) is 0.200. The number of phenols is 1. The van der Waals surface area contributed by atoms with Crippen LogP contribution in [-0.4, -0.2) is 33.5 Å². The van der Waals surface area contributed by atoms with Crippen LogP contribution in [0.3, 0.4) is 0 Å². The second kappa shape index (κ2) is 8.42. The average Bonchev–Trinajstić information content (AvgIpc) is 3.53. The van der Waals surface area contributed by atoms with Crippen molar-refractivity contribution in [3.05, 3.63) is 64.0 Å². The Labute approximate surface area is 199 Å². The number of rotatable bonds is 5. The summed E-state index contributed by atoms with van der Waals surface area (Å²) in [6.07, 6.45) is 3.19. The molecule has 3 aromatic rings. The van der Waals surface area contributed by atoms with E-state index in [1.165, 1.54) is 22.2 Å². The first-order valence-corrected chi connectivity index (χ1v) is 11.7. The summed E-state index contributed by atoms with van der Waals surface area (Å²) in [7, 11) is 0. The number of aryl methyl sites for hydroxylation is 3. The Kier molecular flexibility index (Phi) is 5.41. The van der Waals surface area contributed by atoms with Crippen LogP contribution in [0.1, 0.15) is 39.7 Å². The van der Waals surface area contributed by atoms with E-state index in [0.29, 0.717) is 27.5 Å². The van der Waals surface area contributed by atoms with Crippen molar-refractivity contribution in [2.75, 3.05) is 10.4 Å². The second-order valence-corrected chi connectivity index (χ2v) is 9.44. The predicted molar refractivity (Wildman–Crippen MR) is 133 cm³/mol. The number of carbonyl (C=O) groups is 2. The molecule has 5 rings (SSSR count). The molecule has 34 heavy (non-hydrogen) atoms. The van der Waals surface area contributed by atoms with Crippen molar-refractivity contribution in [3.63, 3.8) is 0 Å². The molecule has 0 spiro atoms. The largest absolute Gasteiger partial charge is 0.505 e. The molecule has 2 aromatic carbocycles. The highest BCUT2D eigenvalue weighted by molar-refractivity contribution is 7.17. The highest BCUT2D eigenvalue weighted by Crippen LogP contribution is 2.40. The number of carbonyl (C=O) groups excluding carboxylic acids is 1. The number of fused-ring (bicyclic) bond motifs is 1. The maximum atomic E-state index is 13.1. The number of hydrogen-bond donors (Lipinski definition) is 3. The van der Waals surface area contributed by atoms with Crippen LogP contribution in [-0.2, 0) is 17.6 Å². The van der Waals surface area contributed by atoms with Crippen LogP contribution in [0.4, 0.5) is 11.4 Å². The molecule has 1 amide bonds. The number of benzene rings is 2. The average molecular weight is 475 g/mol. The second-order valence-electron chi connectivity index (χ2n) is 8.36. The van der Waals surface area contributed by atoms with E-state index in [-0.39, 0.29) is 22.2 Å². The number of carboxylic acids is 1. The molecule has 172 valence electrons. The molecule has 0 saturated heterocycles. The van der Waals surface area contributed by atoms with Crippen molar-refractivity contribution in [1.29, 1.82) is 0 Å². The number of carboxylic acid groups (broad SMARTS) is 1. The van der Waals surface area contributed by atoms with Gasteiger partial charge in [-0.1, -0.05) is 6.07 Å². The smallest absolute Gasteiger partial charge is 0.345 e. The summed E-state index contributed by atoms with van der Waals surface area (Å²) in [5.41, 5.74) is 8.35. The maximum Gasteiger partial charge on any atom is 0.345 e. The van der Waals surface area contributed by atoms with Crippen molar-refractivity contribution in [2.24, 2.45) is 10.2 Å². The molecular weight excluding hydrogens is 452 g/mol. The number of hydrazone groups is 2. The number of aromatic carboxylic acids is 1. The highest BCUT2D eigenvalue weighted by atomic mass is 32.1. The summed E-state index contributed by atoms with van der Waals surface area (Å²) in [5, 5.41) is 30.1. The minimum atomic E-state index is -1.02. The molecule has 3 N–H and O–H groups in total. The number of aromatic hydroxyl groups is 1. The summed E-state index contributed by atoms with van der Waals surface area (Å²) >= 11 is 1.07. The van der Waals surface area contributed by atoms with Gasteiger partial charge in [0.1, 0.15) is 10.6 Å². The molecular formula is C25H22N4O4S. The SMILES string of the molecule is CC1=NN(c2ccc3c(c2)CCC3)C(=O)C1=NNc1cc(C)cc(-c2ccc(C(=O)O)s2)c1O.